The highest BCUT2D eigenvalue weighted by Gasteiger charge is 2.29. The Balaban J connectivity index is 2.98. The van der Waals surface area contributed by atoms with Crippen molar-refractivity contribution in [1.82, 2.24) is 0 Å². The van der Waals surface area contributed by atoms with Crippen LogP contribution in [0.25, 0.3) is 0 Å². The average Bonchev–Trinajstić information content (AvgIpc) is 2.25. The van der Waals surface area contributed by atoms with Crippen molar-refractivity contribution in [2.75, 3.05) is 0 Å². The summed E-state index contributed by atoms with van der Waals surface area (Å²) in [7, 11) is 0. The number of hydrogen-bond acceptors (Lipinski definition) is 3. The van der Waals surface area contributed by atoms with E-state index in [0.717, 1.165) is 5.56 Å². The van der Waals surface area contributed by atoms with Crippen LogP contribution in [0.1, 0.15) is 38.7 Å². The number of rotatable bonds is 3. The molecule has 1 rings (SSSR count). The molecular formula is C13H18FNO2. The summed E-state index contributed by atoms with van der Waals surface area (Å²) in [5.41, 5.74) is 0.774. The second-order valence-electron chi connectivity index (χ2n) is 5.16. The lowest BCUT2D eigenvalue weighted by molar-refractivity contribution is -0.145. The summed E-state index contributed by atoms with van der Waals surface area (Å²) in [5, 5.41) is 0. The van der Waals surface area contributed by atoms with Gasteiger partial charge in [0.25, 0.3) is 0 Å². The Hall–Kier alpha value is -1.42. The summed E-state index contributed by atoms with van der Waals surface area (Å²) < 4.78 is 12.9. The number of halogens is 1. The van der Waals surface area contributed by atoms with E-state index < -0.39 is 5.97 Å². The maximum Gasteiger partial charge on any atom is 0.325 e. The van der Waals surface area contributed by atoms with Crippen LogP contribution in [0, 0.1) is 11.2 Å². The van der Waals surface area contributed by atoms with E-state index in [0.29, 0.717) is 0 Å². The maximum absolute atomic E-state index is 12.9. The summed E-state index contributed by atoms with van der Waals surface area (Å²) >= 11 is 0. The summed E-state index contributed by atoms with van der Waals surface area (Å²) in [6.07, 6.45) is 0.186. The standard InChI is InChI=1S/C13H18FNO2/c1-13(2,3)11(8-12(16)17-15)9-4-6-10(14)7-5-9/h4-7,11H,8,15H2,1-3H3/t11-/m1/s1. The van der Waals surface area contributed by atoms with Gasteiger partial charge < -0.3 is 4.84 Å². The maximum atomic E-state index is 12.9. The molecule has 0 spiro atoms. The highest BCUT2D eigenvalue weighted by molar-refractivity contribution is 5.70. The Kier molecular flexibility index (Phi) is 4.23. The Bertz CT molecular complexity index is 381. The van der Waals surface area contributed by atoms with Crippen molar-refractivity contribution < 1.29 is 14.0 Å². The van der Waals surface area contributed by atoms with Crippen molar-refractivity contribution >= 4 is 5.97 Å². The topological polar surface area (TPSA) is 52.3 Å². The fraction of sp³-hybridized carbons (Fsp3) is 0.462. The fourth-order valence-corrected chi connectivity index (χ4v) is 1.83. The number of carbonyl (C=O) groups excluding carboxylic acids is 1. The van der Waals surface area contributed by atoms with E-state index in [2.05, 4.69) is 4.84 Å². The Morgan fingerprint density at radius 1 is 1.35 bits per heavy atom. The van der Waals surface area contributed by atoms with E-state index in [1.165, 1.54) is 12.1 Å². The molecule has 1 atom stereocenters. The van der Waals surface area contributed by atoms with Gasteiger partial charge in [-0.05, 0) is 29.0 Å². The normalized spacial score (nSPS) is 13.2. The van der Waals surface area contributed by atoms with Gasteiger partial charge in [-0.25, -0.2) is 4.39 Å². The lowest BCUT2D eigenvalue weighted by atomic mass is 9.75. The van der Waals surface area contributed by atoms with E-state index >= 15 is 0 Å². The molecule has 0 aromatic heterocycles. The quantitative estimate of drug-likeness (QED) is 0.825. The van der Waals surface area contributed by atoms with Gasteiger partial charge in [0.1, 0.15) is 5.82 Å². The predicted molar refractivity (Wildman–Crippen MR) is 63.5 cm³/mol. The smallest absolute Gasteiger partial charge is 0.325 e. The summed E-state index contributed by atoms with van der Waals surface area (Å²) in [5.74, 6) is 4.05. The van der Waals surface area contributed by atoms with Crippen LogP contribution in [0.2, 0.25) is 0 Å². The SMILES string of the molecule is CC(C)(C)[C@H](CC(=O)ON)c1ccc(F)cc1. The van der Waals surface area contributed by atoms with Crippen LogP contribution in [-0.4, -0.2) is 5.97 Å². The summed E-state index contributed by atoms with van der Waals surface area (Å²) in [4.78, 5) is 15.5. The first-order valence-corrected chi connectivity index (χ1v) is 5.49. The molecule has 0 radical (unpaired) electrons. The molecule has 0 saturated heterocycles. The van der Waals surface area contributed by atoms with Crippen LogP contribution in [0.15, 0.2) is 24.3 Å². The van der Waals surface area contributed by atoms with Gasteiger partial charge in [0.05, 0.1) is 6.42 Å². The van der Waals surface area contributed by atoms with Gasteiger partial charge >= 0.3 is 5.97 Å². The lowest BCUT2D eigenvalue weighted by Crippen LogP contribution is -2.23. The van der Waals surface area contributed by atoms with Gasteiger partial charge in [0.2, 0.25) is 0 Å². The molecule has 0 bridgehead atoms. The van der Waals surface area contributed by atoms with Crippen LogP contribution in [0.3, 0.4) is 0 Å². The van der Waals surface area contributed by atoms with Gasteiger partial charge in [-0.3, -0.25) is 4.79 Å². The van der Waals surface area contributed by atoms with Gasteiger partial charge in [-0.1, -0.05) is 32.9 Å². The number of benzene rings is 1. The Morgan fingerprint density at radius 3 is 2.29 bits per heavy atom. The van der Waals surface area contributed by atoms with E-state index in [1.54, 1.807) is 12.1 Å². The minimum Gasteiger partial charge on any atom is -0.373 e. The number of nitrogens with two attached hydrogens (primary N) is 1. The zero-order chi connectivity index (χ0) is 13.1. The van der Waals surface area contributed by atoms with Gasteiger partial charge in [0.15, 0.2) is 0 Å². The van der Waals surface area contributed by atoms with Crippen molar-refractivity contribution in [3.05, 3.63) is 35.6 Å². The van der Waals surface area contributed by atoms with Crippen molar-refractivity contribution in [3.63, 3.8) is 0 Å². The molecule has 0 saturated carbocycles. The Labute approximate surface area is 101 Å². The molecule has 0 unspecified atom stereocenters. The van der Waals surface area contributed by atoms with E-state index in [4.69, 9.17) is 5.90 Å². The molecule has 0 aliphatic heterocycles. The molecule has 94 valence electrons. The van der Waals surface area contributed by atoms with Crippen LogP contribution < -0.4 is 5.90 Å². The first kappa shape index (κ1) is 13.6. The lowest BCUT2D eigenvalue weighted by Gasteiger charge is -2.30. The number of hydrogen-bond donors (Lipinski definition) is 1. The minimum atomic E-state index is -0.464. The molecule has 0 aliphatic carbocycles. The van der Waals surface area contributed by atoms with Crippen LogP contribution >= 0.6 is 0 Å². The molecule has 17 heavy (non-hydrogen) atoms. The van der Waals surface area contributed by atoms with E-state index in [-0.39, 0.29) is 23.6 Å². The first-order valence-electron chi connectivity index (χ1n) is 5.49. The van der Waals surface area contributed by atoms with Gasteiger partial charge in [-0.15, -0.1) is 0 Å². The second-order valence-corrected chi connectivity index (χ2v) is 5.16. The zero-order valence-corrected chi connectivity index (χ0v) is 10.4. The van der Waals surface area contributed by atoms with Crippen molar-refractivity contribution in [2.24, 2.45) is 11.3 Å². The molecular weight excluding hydrogens is 221 g/mol. The zero-order valence-electron chi connectivity index (χ0n) is 10.4. The molecule has 1 aromatic carbocycles. The first-order chi connectivity index (χ1) is 7.84. The molecule has 3 nitrogen and oxygen atoms in total. The monoisotopic (exact) mass is 239 g/mol. The van der Waals surface area contributed by atoms with Gasteiger partial charge in [-0.2, -0.15) is 5.90 Å². The molecule has 0 amide bonds. The molecule has 2 N–H and O–H groups in total. The minimum absolute atomic E-state index is 0.0563. The molecule has 0 heterocycles. The average molecular weight is 239 g/mol. The van der Waals surface area contributed by atoms with Crippen molar-refractivity contribution in [3.8, 4) is 0 Å². The van der Waals surface area contributed by atoms with Gasteiger partial charge in [0, 0.05) is 0 Å². The number of carbonyl (C=O) groups is 1. The summed E-state index contributed by atoms with van der Waals surface area (Å²) in [6, 6.07) is 6.16. The molecule has 4 heteroatoms. The second kappa shape index (κ2) is 5.27. The fourth-order valence-electron chi connectivity index (χ4n) is 1.83. The van der Waals surface area contributed by atoms with E-state index in [9.17, 15) is 9.18 Å². The molecule has 0 fully saturated rings. The van der Waals surface area contributed by atoms with Crippen molar-refractivity contribution in [1.29, 1.82) is 0 Å². The third-order valence-electron chi connectivity index (χ3n) is 2.82. The highest BCUT2D eigenvalue weighted by Crippen LogP contribution is 2.37. The van der Waals surface area contributed by atoms with Crippen LogP contribution in [0.4, 0.5) is 4.39 Å². The molecule has 0 aliphatic rings. The van der Waals surface area contributed by atoms with E-state index in [1.807, 2.05) is 20.8 Å². The highest BCUT2D eigenvalue weighted by atomic mass is 19.1. The molecule has 1 aromatic rings. The van der Waals surface area contributed by atoms with Crippen LogP contribution in [0.5, 0.6) is 0 Å². The third-order valence-corrected chi connectivity index (χ3v) is 2.82. The van der Waals surface area contributed by atoms with Crippen molar-refractivity contribution in [2.45, 2.75) is 33.1 Å². The van der Waals surface area contributed by atoms with Crippen LogP contribution in [-0.2, 0) is 9.63 Å². The third kappa shape index (κ3) is 3.82. The largest absolute Gasteiger partial charge is 0.373 e. The summed E-state index contributed by atoms with van der Waals surface area (Å²) in [6.45, 7) is 6.06. The Morgan fingerprint density at radius 2 is 1.88 bits per heavy atom. The predicted octanol–water partition coefficient (Wildman–Crippen LogP) is 2.76.